The molecule has 0 spiro atoms. The van der Waals surface area contributed by atoms with E-state index in [0.29, 0.717) is 37.6 Å². The van der Waals surface area contributed by atoms with Crippen LogP contribution >= 0.6 is 0 Å². The summed E-state index contributed by atoms with van der Waals surface area (Å²) in [5.74, 6) is 1.39. The lowest BCUT2D eigenvalue weighted by molar-refractivity contribution is -0.119. The second kappa shape index (κ2) is 7.86. The van der Waals surface area contributed by atoms with Crippen molar-refractivity contribution < 1.29 is 14.3 Å². The van der Waals surface area contributed by atoms with Crippen molar-refractivity contribution in [2.45, 2.75) is 20.0 Å². The van der Waals surface area contributed by atoms with Crippen LogP contribution in [0.2, 0.25) is 0 Å². The zero-order valence-corrected chi connectivity index (χ0v) is 14.9. The van der Waals surface area contributed by atoms with Gasteiger partial charge in [-0.05, 0) is 18.2 Å². The van der Waals surface area contributed by atoms with Crippen LogP contribution in [0.15, 0.2) is 36.4 Å². The fraction of sp³-hybridized carbons (Fsp3) is 0.316. The molecule has 0 saturated heterocycles. The number of rotatable bonds is 7. The van der Waals surface area contributed by atoms with E-state index in [9.17, 15) is 9.59 Å². The van der Waals surface area contributed by atoms with E-state index in [1.807, 2.05) is 30.3 Å². The van der Waals surface area contributed by atoms with E-state index in [1.54, 1.807) is 18.1 Å². The van der Waals surface area contributed by atoms with Gasteiger partial charge in [0.05, 0.1) is 24.9 Å². The zero-order valence-electron chi connectivity index (χ0n) is 14.9. The molecule has 136 valence electrons. The number of carbonyl (C=O) groups is 2. The van der Waals surface area contributed by atoms with Gasteiger partial charge in [-0.2, -0.15) is 0 Å². The number of anilines is 1. The van der Waals surface area contributed by atoms with Crippen LogP contribution in [0.3, 0.4) is 0 Å². The molecule has 1 aliphatic rings. The summed E-state index contributed by atoms with van der Waals surface area (Å²) in [5.41, 5.74) is 2.41. The Balaban J connectivity index is 1.63. The van der Waals surface area contributed by atoms with Crippen LogP contribution < -0.4 is 15.4 Å². The molecule has 2 amide bonds. The predicted octanol–water partition coefficient (Wildman–Crippen LogP) is 1.79. The molecule has 26 heavy (non-hydrogen) atoms. The molecule has 1 aliphatic heterocycles. The first kappa shape index (κ1) is 17.7. The molecule has 2 aromatic rings. The topological polar surface area (TPSA) is 83.6 Å². The van der Waals surface area contributed by atoms with Gasteiger partial charge in [0.1, 0.15) is 11.6 Å². The van der Waals surface area contributed by atoms with Crippen LogP contribution in [-0.4, -0.2) is 41.9 Å². The molecule has 0 atom stereocenters. The lowest BCUT2D eigenvalue weighted by Gasteiger charge is -2.14. The lowest BCUT2D eigenvalue weighted by Crippen LogP contribution is -2.34. The molecule has 0 unspecified atom stereocenters. The van der Waals surface area contributed by atoms with Crippen molar-refractivity contribution in [1.82, 2.24) is 15.2 Å². The SMILES string of the molecule is COc1ccccc1CNc1ccc2c(n1)CN(CCNC(C)=O)C2=O. The number of nitrogens with zero attached hydrogens (tertiary/aromatic N) is 2. The first-order chi connectivity index (χ1) is 12.6. The Kier molecular flexibility index (Phi) is 5.36. The van der Waals surface area contributed by atoms with Crippen molar-refractivity contribution in [2.24, 2.45) is 0 Å². The standard InChI is InChI=1S/C19H22N4O3/c1-13(24)20-9-10-23-12-16-15(19(23)25)7-8-18(22-16)21-11-14-5-3-4-6-17(14)26-2/h3-8H,9-12H2,1-2H3,(H,20,24)(H,21,22). The summed E-state index contributed by atoms with van der Waals surface area (Å²) in [4.78, 5) is 29.6. The summed E-state index contributed by atoms with van der Waals surface area (Å²) in [6.07, 6.45) is 0. The average Bonchev–Trinajstić information content (AvgIpc) is 2.95. The third kappa shape index (κ3) is 3.93. The second-order valence-electron chi connectivity index (χ2n) is 6.07. The number of amides is 2. The number of methoxy groups -OCH3 is 1. The number of pyridine rings is 1. The highest BCUT2D eigenvalue weighted by atomic mass is 16.5. The van der Waals surface area contributed by atoms with Crippen molar-refractivity contribution in [1.29, 1.82) is 0 Å². The van der Waals surface area contributed by atoms with Gasteiger partial charge in [-0.3, -0.25) is 9.59 Å². The Bertz CT molecular complexity index is 822. The van der Waals surface area contributed by atoms with Gasteiger partial charge in [0.25, 0.3) is 5.91 Å². The molecule has 0 aliphatic carbocycles. The maximum Gasteiger partial charge on any atom is 0.256 e. The fourth-order valence-electron chi connectivity index (χ4n) is 2.92. The number of benzene rings is 1. The van der Waals surface area contributed by atoms with Gasteiger partial charge in [-0.1, -0.05) is 18.2 Å². The largest absolute Gasteiger partial charge is 0.496 e. The van der Waals surface area contributed by atoms with E-state index in [4.69, 9.17) is 4.74 Å². The van der Waals surface area contributed by atoms with Gasteiger partial charge in [0.15, 0.2) is 0 Å². The first-order valence-electron chi connectivity index (χ1n) is 8.48. The third-order valence-corrected chi connectivity index (χ3v) is 4.24. The minimum Gasteiger partial charge on any atom is -0.496 e. The number of carbonyl (C=O) groups excluding carboxylic acids is 2. The zero-order chi connectivity index (χ0) is 18.5. The average molecular weight is 354 g/mol. The molecule has 2 heterocycles. The number of hydrogen-bond donors (Lipinski definition) is 2. The summed E-state index contributed by atoms with van der Waals surface area (Å²) in [6, 6.07) is 11.4. The van der Waals surface area contributed by atoms with E-state index in [1.165, 1.54) is 6.92 Å². The molecule has 0 fully saturated rings. The predicted molar refractivity (Wildman–Crippen MR) is 98.0 cm³/mol. The molecule has 0 saturated carbocycles. The van der Waals surface area contributed by atoms with Crippen LogP contribution in [0.1, 0.15) is 28.5 Å². The Morgan fingerprint density at radius 2 is 2.08 bits per heavy atom. The summed E-state index contributed by atoms with van der Waals surface area (Å²) in [6.45, 7) is 3.41. The molecule has 7 heteroatoms. The number of fused-ring (bicyclic) bond motifs is 1. The van der Waals surface area contributed by atoms with E-state index >= 15 is 0 Å². The van der Waals surface area contributed by atoms with Crippen molar-refractivity contribution in [2.75, 3.05) is 25.5 Å². The smallest absolute Gasteiger partial charge is 0.256 e. The van der Waals surface area contributed by atoms with Crippen LogP contribution in [0.25, 0.3) is 0 Å². The molecular formula is C19H22N4O3. The molecule has 0 radical (unpaired) electrons. The quantitative estimate of drug-likeness (QED) is 0.792. The van der Waals surface area contributed by atoms with Crippen molar-refractivity contribution in [3.05, 3.63) is 53.2 Å². The molecule has 1 aromatic carbocycles. The molecule has 0 bridgehead atoms. The fourth-order valence-corrected chi connectivity index (χ4v) is 2.92. The molecular weight excluding hydrogens is 332 g/mol. The Labute approximate surface area is 152 Å². The first-order valence-corrected chi connectivity index (χ1v) is 8.48. The second-order valence-corrected chi connectivity index (χ2v) is 6.07. The molecule has 2 N–H and O–H groups in total. The van der Waals surface area contributed by atoms with Crippen molar-refractivity contribution >= 4 is 17.6 Å². The number of para-hydroxylation sites is 1. The monoisotopic (exact) mass is 354 g/mol. The van der Waals surface area contributed by atoms with Crippen LogP contribution in [0.5, 0.6) is 5.75 Å². The summed E-state index contributed by atoms with van der Waals surface area (Å²) in [5, 5.41) is 5.98. The summed E-state index contributed by atoms with van der Waals surface area (Å²) >= 11 is 0. The highest BCUT2D eigenvalue weighted by Gasteiger charge is 2.28. The van der Waals surface area contributed by atoms with Gasteiger partial charge < -0.3 is 20.3 Å². The molecule has 7 nitrogen and oxygen atoms in total. The van der Waals surface area contributed by atoms with E-state index in [-0.39, 0.29) is 11.8 Å². The molecule has 3 rings (SSSR count). The Morgan fingerprint density at radius 3 is 2.85 bits per heavy atom. The van der Waals surface area contributed by atoms with Gasteiger partial charge in [0, 0.05) is 32.1 Å². The number of aromatic nitrogens is 1. The highest BCUT2D eigenvalue weighted by Crippen LogP contribution is 2.23. The van der Waals surface area contributed by atoms with Gasteiger partial charge in [-0.15, -0.1) is 0 Å². The minimum absolute atomic E-state index is 0.0471. The molecule has 1 aromatic heterocycles. The van der Waals surface area contributed by atoms with Crippen LogP contribution in [-0.2, 0) is 17.9 Å². The van der Waals surface area contributed by atoms with Crippen LogP contribution in [0.4, 0.5) is 5.82 Å². The summed E-state index contributed by atoms with van der Waals surface area (Å²) in [7, 11) is 1.65. The maximum absolute atomic E-state index is 12.4. The lowest BCUT2D eigenvalue weighted by atomic mass is 10.2. The van der Waals surface area contributed by atoms with Crippen molar-refractivity contribution in [3.8, 4) is 5.75 Å². The minimum atomic E-state index is -0.102. The van der Waals surface area contributed by atoms with Gasteiger partial charge in [-0.25, -0.2) is 4.98 Å². The van der Waals surface area contributed by atoms with Gasteiger partial charge in [0.2, 0.25) is 5.91 Å². The van der Waals surface area contributed by atoms with E-state index in [0.717, 1.165) is 17.0 Å². The number of ether oxygens (including phenoxy) is 1. The van der Waals surface area contributed by atoms with E-state index in [2.05, 4.69) is 15.6 Å². The van der Waals surface area contributed by atoms with Crippen LogP contribution in [0, 0.1) is 0 Å². The number of hydrogen-bond acceptors (Lipinski definition) is 5. The number of nitrogens with one attached hydrogen (secondary N) is 2. The van der Waals surface area contributed by atoms with E-state index < -0.39 is 0 Å². The Morgan fingerprint density at radius 1 is 1.27 bits per heavy atom. The highest BCUT2D eigenvalue weighted by molar-refractivity contribution is 5.98. The normalized spacial score (nSPS) is 12.7. The maximum atomic E-state index is 12.4. The summed E-state index contributed by atoms with van der Waals surface area (Å²) < 4.78 is 5.35. The van der Waals surface area contributed by atoms with Crippen molar-refractivity contribution in [3.63, 3.8) is 0 Å². The Hall–Kier alpha value is -3.09. The van der Waals surface area contributed by atoms with Gasteiger partial charge >= 0.3 is 0 Å². The third-order valence-electron chi connectivity index (χ3n) is 4.24.